The van der Waals surface area contributed by atoms with Crippen LogP contribution in [0.5, 0.6) is 0 Å². The van der Waals surface area contributed by atoms with E-state index in [9.17, 15) is 9.18 Å². The number of carboxylic acid groups (broad SMARTS) is 1. The lowest BCUT2D eigenvalue weighted by molar-refractivity contribution is -0.150. The van der Waals surface area contributed by atoms with E-state index in [1.165, 1.54) is 12.1 Å². The van der Waals surface area contributed by atoms with Crippen LogP contribution in [-0.2, 0) is 15.9 Å². The Kier molecular flexibility index (Phi) is 3.08. The molecule has 0 spiro atoms. The fourth-order valence-electron chi connectivity index (χ4n) is 1.41. The largest absolute Gasteiger partial charge is 0.479 e. The molecule has 2 nitrogen and oxygen atoms in total. The molecular formula is C13H17FO2. The van der Waals surface area contributed by atoms with Crippen LogP contribution >= 0.6 is 0 Å². The van der Waals surface area contributed by atoms with Gasteiger partial charge < -0.3 is 5.11 Å². The molecule has 88 valence electrons. The van der Waals surface area contributed by atoms with E-state index in [1.54, 1.807) is 12.1 Å². The zero-order valence-corrected chi connectivity index (χ0v) is 10.0. The zero-order chi connectivity index (χ0) is 12.6. The minimum absolute atomic E-state index is 0.0194. The highest BCUT2D eigenvalue weighted by molar-refractivity contribution is 5.78. The van der Waals surface area contributed by atoms with Crippen molar-refractivity contribution in [1.82, 2.24) is 0 Å². The van der Waals surface area contributed by atoms with Crippen molar-refractivity contribution in [2.75, 3.05) is 0 Å². The van der Waals surface area contributed by atoms with Crippen LogP contribution in [0.2, 0.25) is 0 Å². The first-order valence-corrected chi connectivity index (χ1v) is 5.19. The lowest BCUT2D eigenvalue weighted by atomic mass is 9.85. The average Bonchev–Trinajstić information content (AvgIpc) is 2.16. The van der Waals surface area contributed by atoms with Gasteiger partial charge in [0.2, 0.25) is 5.67 Å². The molecule has 0 aromatic heterocycles. The maximum Gasteiger partial charge on any atom is 0.345 e. The van der Waals surface area contributed by atoms with E-state index in [2.05, 4.69) is 0 Å². The van der Waals surface area contributed by atoms with Crippen LogP contribution in [0.1, 0.15) is 38.8 Å². The third-order valence-electron chi connectivity index (χ3n) is 2.69. The summed E-state index contributed by atoms with van der Waals surface area (Å²) >= 11 is 0. The van der Waals surface area contributed by atoms with E-state index in [0.717, 1.165) is 12.5 Å². The molecule has 0 aliphatic carbocycles. The lowest BCUT2D eigenvalue weighted by Gasteiger charge is -2.21. The van der Waals surface area contributed by atoms with Gasteiger partial charge in [0, 0.05) is 5.56 Å². The minimum atomic E-state index is -2.32. The number of carbonyl (C=O) groups is 1. The Balaban J connectivity index is 3.09. The third kappa shape index (κ3) is 2.40. The molecule has 0 fully saturated rings. The predicted octanol–water partition coefficient (Wildman–Crippen LogP) is 3.25. The monoisotopic (exact) mass is 224 g/mol. The first-order chi connectivity index (χ1) is 7.15. The van der Waals surface area contributed by atoms with Crippen LogP contribution in [0, 0.1) is 0 Å². The highest BCUT2D eigenvalue weighted by Gasteiger charge is 2.35. The quantitative estimate of drug-likeness (QED) is 0.837. The number of benzene rings is 1. The molecule has 0 saturated heterocycles. The van der Waals surface area contributed by atoms with Gasteiger partial charge in [0.1, 0.15) is 0 Å². The summed E-state index contributed by atoms with van der Waals surface area (Å²) in [5.41, 5.74) is -1.12. The van der Waals surface area contributed by atoms with Crippen LogP contribution < -0.4 is 0 Å². The first-order valence-electron chi connectivity index (χ1n) is 5.19. The fraction of sp³-hybridized carbons (Fsp3) is 0.462. The molecule has 1 aromatic carbocycles. The van der Waals surface area contributed by atoms with E-state index in [-0.39, 0.29) is 11.0 Å². The summed E-state index contributed by atoms with van der Waals surface area (Å²) in [6.45, 7) is 7.21. The van der Waals surface area contributed by atoms with Crippen molar-refractivity contribution in [3.05, 3.63) is 35.4 Å². The highest BCUT2D eigenvalue weighted by atomic mass is 19.1. The smallest absolute Gasteiger partial charge is 0.345 e. The number of halogens is 1. The summed E-state index contributed by atoms with van der Waals surface area (Å²) in [6.07, 6.45) is 0. The molecule has 1 aromatic rings. The van der Waals surface area contributed by atoms with E-state index in [4.69, 9.17) is 5.11 Å². The normalized spacial score (nSPS) is 15.6. The molecule has 3 heteroatoms. The predicted molar refractivity (Wildman–Crippen MR) is 61.2 cm³/mol. The van der Waals surface area contributed by atoms with Crippen LogP contribution in [0.15, 0.2) is 24.3 Å². The number of rotatable bonds is 2. The molecule has 1 rings (SSSR count). The fourth-order valence-corrected chi connectivity index (χ4v) is 1.41. The maximum absolute atomic E-state index is 13.8. The van der Waals surface area contributed by atoms with Crippen molar-refractivity contribution in [2.45, 2.75) is 38.8 Å². The van der Waals surface area contributed by atoms with Crippen molar-refractivity contribution in [3.8, 4) is 0 Å². The third-order valence-corrected chi connectivity index (χ3v) is 2.69. The van der Waals surface area contributed by atoms with Crippen LogP contribution in [0.25, 0.3) is 0 Å². The van der Waals surface area contributed by atoms with Crippen molar-refractivity contribution >= 4 is 5.97 Å². The summed E-state index contributed by atoms with van der Waals surface area (Å²) in [6, 6.07) is 6.62. The Bertz CT molecular complexity index is 385. The van der Waals surface area contributed by atoms with E-state index >= 15 is 0 Å². The second kappa shape index (κ2) is 3.89. The molecule has 0 radical (unpaired) electrons. The van der Waals surface area contributed by atoms with Gasteiger partial charge in [-0.2, -0.15) is 0 Å². The summed E-state index contributed by atoms with van der Waals surface area (Å²) in [4.78, 5) is 10.7. The SMILES string of the molecule is CC(C)(C)c1ccc(C(C)(F)C(=O)O)cc1. The minimum Gasteiger partial charge on any atom is -0.479 e. The second-order valence-electron chi connectivity index (χ2n) is 5.14. The van der Waals surface area contributed by atoms with Gasteiger partial charge in [-0.3, -0.25) is 0 Å². The van der Waals surface area contributed by atoms with E-state index < -0.39 is 11.6 Å². The van der Waals surface area contributed by atoms with Gasteiger partial charge in [0.05, 0.1) is 0 Å². The van der Waals surface area contributed by atoms with Crippen LogP contribution in [-0.4, -0.2) is 11.1 Å². The molecule has 16 heavy (non-hydrogen) atoms. The Morgan fingerprint density at radius 2 is 1.44 bits per heavy atom. The summed E-state index contributed by atoms with van der Waals surface area (Å²) in [5, 5.41) is 8.75. The Hall–Kier alpha value is -1.38. The standard InChI is InChI=1S/C13H17FO2/c1-12(2,3)9-5-7-10(8-6-9)13(4,14)11(15)16/h5-8H,1-4H3,(H,15,16). The average molecular weight is 224 g/mol. The topological polar surface area (TPSA) is 37.3 Å². The van der Waals surface area contributed by atoms with Crippen LogP contribution in [0.3, 0.4) is 0 Å². The summed E-state index contributed by atoms with van der Waals surface area (Å²) in [7, 11) is 0. The molecule has 0 bridgehead atoms. The van der Waals surface area contributed by atoms with Gasteiger partial charge in [-0.1, -0.05) is 45.0 Å². The molecule has 1 unspecified atom stereocenters. The Morgan fingerprint density at radius 3 is 1.75 bits per heavy atom. The molecule has 0 amide bonds. The maximum atomic E-state index is 13.8. The Labute approximate surface area is 95.1 Å². The number of aliphatic carboxylic acids is 1. The molecule has 0 heterocycles. The molecule has 1 N–H and O–H groups in total. The zero-order valence-electron chi connectivity index (χ0n) is 10.0. The van der Waals surface area contributed by atoms with Crippen molar-refractivity contribution in [1.29, 1.82) is 0 Å². The van der Waals surface area contributed by atoms with Crippen molar-refractivity contribution in [3.63, 3.8) is 0 Å². The number of alkyl halides is 1. The van der Waals surface area contributed by atoms with Gasteiger partial charge >= 0.3 is 5.97 Å². The molecule has 0 aliphatic rings. The number of carboxylic acids is 1. The number of hydrogen-bond donors (Lipinski definition) is 1. The number of hydrogen-bond acceptors (Lipinski definition) is 1. The van der Waals surface area contributed by atoms with E-state index in [1.807, 2.05) is 20.8 Å². The summed E-state index contributed by atoms with van der Waals surface area (Å²) in [5.74, 6) is -1.46. The van der Waals surface area contributed by atoms with Gasteiger partial charge in [0.25, 0.3) is 0 Å². The van der Waals surface area contributed by atoms with Gasteiger partial charge in [-0.15, -0.1) is 0 Å². The van der Waals surface area contributed by atoms with E-state index in [0.29, 0.717) is 0 Å². The highest BCUT2D eigenvalue weighted by Crippen LogP contribution is 2.29. The lowest BCUT2D eigenvalue weighted by Crippen LogP contribution is -2.27. The molecule has 0 saturated carbocycles. The molecule has 0 aliphatic heterocycles. The van der Waals surface area contributed by atoms with Gasteiger partial charge in [0.15, 0.2) is 0 Å². The van der Waals surface area contributed by atoms with Crippen molar-refractivity contribution < 1.29 is 14.3 Å². The van der Waals surface area contributed by atoms with Gasteiger partial charge in [-0.05, 0) is 17.9 Å². The van der Waals surface area contributed by atoms with Crippen molar-refractivity contribution in [2.24, 2.45) is 0 Å². The molecule has 1 atom stereocenters. The Morgan fingerprint density at radius 1 is 1.06 bits per heavy atom. The van der Waals surface area contributed by atoms with Crippen LogP contribution in [0.4, 0.5) is 4.39 Å². The summed E-state index contributed by atoms with van der Waals surface area (Å²) < 4.78 is 13.8. The van der Waals surface area contributed by atoms with Gasteiger partial charge in [-0.25, -0.2) is 9.18 Å². The second-order valence-corrected chi connectivity index (χ2v) is 5.14. The first kappa shape index (κ1) is 12.7. The molecular weight excluding hydrogens is 207 g/mol.